The second kappa shape index (κ2) is 7.95. The van der Waals surface area contributed by atoms with Gasteiger partial charge in [0.05, 0.1) is 12.8 Å². The van der Waals surface area contributed by atoms with E-state index < -0.39 is 0 Å². The highest BCUT2D eigenvalue weighted by atomic mass is 79.9. The van der Waals surface area contributed by atoms with Gasteiger partial charge in [0.25, 0.3) is 5.91 Å². The summed E-state index contributed by atoms with van der Waals surface area (Å²) in [6.07, 6.45) is 1.60. The van der Waals surface area contributed by atoms with Crippen molar-refractivity contribution < 1.29 is 4.79 Å². The largest absolute Gasteiger partial charge is 0.376 e. The lowest BCUT2D eigenvalue weighted by molar-refractivity contribution is -0.119. The van der Waals surface area contributed by atoms with E-state index in [9.17, 15) is 4.79 Å². The van der Waals surface area contributed by atoms with Crippen LogP contribution in [0.2, 0.25) is 0 Å². The average Bonchev–Trinajstić information content (AvgIpc) is 2.47. The molecule has 0 saturated carbocycles. The summed E-state index contributed by atoms with van der Waals surface area (Å²) < 4.78 is 1.96. The highest BCUT2D eigenvalue weighted by Crippen LogP contribution is 2.15. The molecule has 2 aromatic carbocycles. The molecule has 0 bridgehead atoms. The molecule has 4 nitrogen and oxygen atoms in total. The monoisotopic (exact) mass is 409 g/mol. The number of rotatable bonds is 5. The first kappa shape index (κ1) is 15.7. The van der Waals surface area contributed by atoms with Gasteiger partial charge in [-0.15, -0.1) is 0 Å². The summed E-state index contributed by atoms with van der Waals surface area (Å²) in [5, 5.41) is 6.93. The molecule has 2 rings (SSSR count). The zero-order valence-corrected chi connectivity index (χ0v) is 14.2. The highest BCUT2D eigenvalue weighted by Gasteiger charge is 1.99. The van der Waals surface area contributed by atoms with Gasteiger partial charge in [0.2, 0.25) is 0 Å². The number of nitrogens with one attached hydrogen (secondary N) is 2. The van der Waals surface area contributed by atoms with Gasteiger partial charge in [0, 0.05) is 14.6 Å². The fourth-order valence-electron chi connectivity index (χ4n) is 1.55. The van der Waals surface area contributed by atoms with Crippen LogP contribution >= 0.6 is 31.9 Å². The summed E-state index contributed by atoms with van der Waals surface area (Å²) in [6.45, 7) is 0.161. The summed E-state index contributed by atoms with van der Waals surface area (Å²) in [4.78, 5) is 11.6. The Bertz CT molecular complexity index is 642. The van der Waals surface area contributed by atoms with E-state index in [4.69, 9.17) is 0 Å². The molecule has 0 aliphatic heterocycles. The molecule has 0 aromatic heterocycles. The molecule has 0 radical (unpaired) electrons. The van der Waals surface area contributed by atoms with Gasteiger partial charge in [0.15, 0.2) is 0 Å². The van der Waals surface area contributed by atoms with Gasteiger partial charge >= 0.3 is 0 Å². The Labute approximate surface area is 139 Å². The maximum atomic E-state index is 11.6. The zero-order chi connectivity index (χ0) is 15.1. The highest BCUT2D eigenvalue weighted by molar-refractivity contribution is 9.10. The third-order valence-electron chi connectivity index (χ3n) is 2.55. The van der Waals surface area contributed by atoms with Crippen LogP contribution in [0.15, 0.2) is 62.6 Å². The predicted octanol–water partition coefficient (Wildman–Crippen LogP) is 3.77. The van der Waals surface area contributed by atoms with E-state index in [1.54, 1.807) is 6.21 Å². The molecular formula is C15H13Br2N3O. The normalized spacial score (nSPS) is 10.6. The van der Waals surface area contributed by atoms with Crippen molar-refractivity contribution in [2.24, 2.45) is 5.10 Å². The Morgan fingerprint density at radius 1 is 1.10 bits per heavy atom. The lowest BCUT2D eigenvalue weighted by atomic mass is 10.2. The Morgan fingerprint density at radius 3 is 2.57 bits per heavy atom. The van der Waals surface area contributed by atoms with Crippen LogP contribution in [0.3, 0.4) is 0 Å². The van der Waals surface area contributed by atoms with Crippen molar-refractivity contribution in [1.82, 2.24) is 5.43 Å². The Morgan fingerprint density at radius 2 is 1.86 bits per heavy atom. The van der Waals surface area contributed by atoms with E-state index in [-0.39, 0.29) is 12.5 Å². The number of halogens is 2. The number of anilines is 1. The van der Waals surface area contributed by atoms with Gasteiger partial charge < -0.3 is 5.32 Å². The molecule has 108 valence electrons. The van der Waals surface area contributed by atoms with Crippen molar-refractivity contribution in [3.05, 3.63) is 63.0 Å². The molecule has 0 spiro atoms. The third kappa shape index (κ3) is 5.69. The zero-order valence-electron chi connectivity index (χ0n) is 11.0. The van der Waals surface area contributed by atoms with E-state index in [0.29, 0.717) is 0 Å². The molecule has 0 unspecified atom stereocenters. The quantitative estimate of drug-likeness (QED) is 0.582. The van der Waals surface area contributed by atoms with Crippen LogP contribution in [0.1, 0.15) is 5.56 Å². The Balaban J connectivity index is 1.78. The first-order chi connectivity index (χ1) is 10.1. The van der Waals surface area contributed by atoms with E-state index in [1.165, 1.54) is 0 Å². The summed E-state index contributed by atoms with van der Waals surface area (Å²) in [6, 6.07) is 15.3. The standard InChI is InChI=1S/C15H13Br2N3O/c16-12-6-4-11(5-7-12)9-19-20-15(21)10-18-14-3-1-2-13(17)8-14/h1-9,18H,10H2,(H,20,21). The predicted molar refractivity (Wildman–Crippen MR) is 92.5 cm³/mol. The van der Waals surface area contributed by atoms with Crippen LogP contribution in [0, 0.1) is 0 Å². The topological polar surface area (TPSA) is 53.5 Å². The minimum Gasteiger partial charge on any atom is -0.376 e. The van der Waals surface area contributed by atoms with Crippen LogP contribution < -0.4 is 10.7 Å². The van der Waals surface area contributed by atoms with E-state index in [0.717, 1.165) is 20.2 Å². The van der Waals surface area contributed by atoms with E-state index >= 15 is 0 Å². The second-order valence-corrected chi connectivity index (χ2v) is 6.04. The molecule has 2 N–H and O–H groups in total. The molecule has 0 fully saturated rings. The average molecular weight is 411 g/mol. The number of hydrogen-bond acceptors (Lipinski definition) is 3. The summed E-state index contributed by atoms with van der Waals surface area (Å²) in [7, 11) is 0. The fourth-order valence-corrected chi connectivity index (χ4v) is 2.21. The van der Waals surface area contributed by atoms with Gasteiger partial charge in [-0.3, -0.25) is 4.79 Å². The smallest absolute Gasteiger partial charge is 0.259 e. The molecule has 1 amide bonds. The van der Waals surface area contributed by atoms with E-state index in [2.05, 4.69) is 47.7 Å². The molecule has 6 heteroatoms. The van der Waals surface area contributed by atoms with Crippen LogP contribution in [0.5, 0.6) is 0 Å². The number of hydrogen-bond donors (Lipinski definition) is 2. The van der Waals surface area contributed by atoms with Crippen molar-refractivity contribution in [1.29, 1.82) is 0 Å². The van der Waals surface area contributed by atoms with Gasteiger partial charge in [0.1, 0.15) is 0 Å². The first-order valence-electron chi connectivity index (χ1n) is 6.20. The minimum atomic E-state index is -0.205. The van der Waals surface area contributed by atoms with Crippen LogP contribution in [-0.2, 0) is 4.79 Å². The molecule has 0 aliphatic rings. The molecule has 2 aromatic rings. The van der Waals surface area contributed by atoms with Gasteiger partial charge in [-0.25, -0.2) is 5.43 Å². The lowest BCUT2D eigenvalue weighted by Crippen LogP contribution is -2.25. The summed E-state index contributed by atoms with van der Waals surface area (Å²) in [5.41, 5.74) is 4.26. The SMILES string of the molecule is O=C(CNc1cccc(Br)c1)NN=Cc1ccc(Br)cc1. The first-order valence-corrected chi connectivity index (χ1v) is 7.79. The molecular weight excluding hydrogens is 398 g/mol. The maximum absolute atomic E-state index is 11.6. The number of nitrogens with zero attached hydrogens (tertiary/aromatic N) is 1. The summed E-state index contributed by atoms with van der Waals surface area (Å²) in [5.74, 6) is -0.205. The summed E-state index contributed by atoms with van der Waals surface area (Å²) >= 11 is 6.73. The van der Waals surface area contributed by atoms with Gasteiger partial charge in [-0.2, -0.15) is 5.10 Å². The Kier molecular flexibility index (Phi) is 5.95. The Hall–Kier alpha value is -1.66. The van der Waals surface area contributed by atoms with Crippen molar-refractivity contribution >= 4 is 49.7 Å². The number of carbonyl (C=O) groups is 1. The second-order valence-electron chi connectivity index (χ2n) is 4.21. The van der Waals surface area contributed by atoms with Crippen molar-refractivity contribution in [3.8, 4) is 0 Å². The number of amides is 1. The van der Waals surface area contributed by atoms with Crippen LogP contribution in [0.25, 0.3) is 0 Å². The van der Waals surface area contributed by atoms with Gasteiger partial charge in [-0.1, -0.05) is 50.1 Å². The molecule has 0 atom stereocenters. The van der Waals surface area contributed by atoms with Gasteiger partial charge in [-0.05, 0) is 35.9 Å². The minimum absolute atomic E-state index is 0.161. The number of benzene rings is 2. The fraction of sp³-hybridized carbons (Fsp3) is 0.0667. The van der Waals surface area contributed by atoms with Crippen LogP contribution in [0.4, 0.5) is 5.69 Å². The molecule has 0 aliphatic carbocycles. The molecule has 0 heterocycles. The molecule has 21 heavy (non-hydrogen) atoms. The third-order valence-corrected chi connectivity index (χ3v) is 3.57. The van der Waals surface area contributed by atoms with Crippen molar-refractivity contribution in [2.75, 3.05) is 11.9 Å². The lowest BCUT2D eigenvalue weighted by Gasteiger charge is -2.05. The maximum Gasteiger partial charge on any atom is 0.259 e. The van der Waals surface area contributed by atoms with Crippen molar-refractivity contribution in [3.63, 3.8) is 0 Å². The number of carbonyl (C=O) groups excluding carboxylic acids is 1. The van der Waals surface area contributed by atoms with Crippen LogP contribution in [-0.4, -0.2) is 18.7 Å². The number of hydrazone groups is 1. The van der Waals surface area contributed by atoms with Crippen molar-refractivity contribution in [2.45, 2.75) is 0 Å². The molecule has 0 saturated heterocycles. The van der Waals surface area contributed by atoms with E-state index in [1.807, 2.05) is 48.5 Å².